The van der Waals surface area contributed by atoms with Crippen LogP contribution >= 0.6 is 0 Å². The van der Waals surface area contributed by atoms with Gasteiger partial charge in [-0.3, -0.25) is 0 Å². The Balaban J connectivity index is 1.79. The largest absolute Gasteiger partial charge is 0.493 e. The first-order valence-corrected chi connectivity index (χ1v) is 12.0. The lowest BCUT2D eigenvalue weighted by molar-refractivity contribution is 0.0999. The first-order chi connectivity index (χ1) is 18.0. The second-order valence-corrected chi connectivity index (χ2v) is 8.61. The van der Waals surface area contributed by atoms with Gasteiger partial charge in [0.05, 0.1) is 41.6 Å². The van der Waals surface area contributed by atoms with Gasteiger partial charge >= 0.3 is 6.09 Å². The number of rotatable bonds is 9. The highest BCUT2D eigenvalue weighted by Crippen LogP contribution is 2.48. The van der Waals surface area contributed by atoms with E-state index in [1.165, 1.54) is 7.11 Å². The molecular weight excluding hydrogens is 474 g/mol. The maximum Gasteiger partial charge on any atom is 0.410 e. The highest BCUT2D eigenvalue weighted by atomic mass is 16.5. The Morgan fingerprint density at radius 2 is 1.54 bits per heavy atom. The smallest absolute Gasteiger partial charge is 0.410 e. The average molecular weight is 508 g/mol. The number of fused-ring (bicyclic) bond motifs is 1. The molecule has 1 aliphatic rings. The molecule has 0 fully saturated rings. The van der Waals surface area contributed by atoms with Gasteiger partial charge in [-0.25, -0.2) is 4.79 Å². The van der Waals surface area contributed by atoms with Crippen LogP contribution in [0, 0.1) is 0 Å². The van der Waals surface area contributed by atoms with E-state index in [1.54, 1.807) is 33.3 Å². The van der Waals surface area contributed by atoms with Crippen molar-refractivity contribution in [2.45, 2.75) is 25.5 Å². The topological polar surface area (TPSA) is 75.7 Å². The van der Waals surface area contributed by atoms with Crippen LogP contribution in [0.15, 0.2) is 54.6 Å². The Morgan fingerprint density at radius 1 is 0.811 bits per heavy atom. The molecule has 0 saturated heterocycles. The molecule has 1 atom stereocenters. The monoisotopic (exact) mass is 507 g/mol. The van der Waals surface area contributed by atoms with Crippen LogP contribution in [0.2, 0.25) is 0 Å². The van der Waals surface area contributed by atoms with Crippen LogP contribution < -0.4 is 23.7 Å². The number of carbonyl (C=O) groups is 1. The van der Waals surface area contributed by atoms with Gasteiger partial charge in [-0.15, -0.1) is 0 Å². The Kier molecular flexibility index (Phi) is 8.28. The Hall–Kier alpha value is -4.07. The third kappa shape index (κ3) is 5.38. The van der Waals surface area contributed by atoms with Crippen LogP contribution in [0.5, 0.6) is 28.7 Å². The minimum absolute atomic E-state index is 0.326. The molecule has 0 aliphatic carbocycles. The predicted molar refractivity (Wildman–Crippen MR) is 139 cm³/mol. The maximum atomic E-state index is 12.8. The second kappa shape index (κ2) is 11.8. The Labute approximate surface area is 217 Å². The number of ether oxygens (including phenoxy) is 6. The van der Waals surface area contributed by atoms with Crippen molar-refractivity contribution in [3.8, 4) is 28.7 Å². The molecule has 37 heavy (non-hydrogen) atoms. The summed E-state index contributed by atoms with van der Waals surface area (Å²) >= 11 is 0. The van der Waals surface area contributed by atoms with E-state index in [0.29, 0.717) is 54.7 Å². The fraction of sp³-hybridized carbons (Fsp3) is 0.345. The van der Waals surface area contributed by atoms with Gasteiger partial charge in [-0.1, -0.05) is 36.4 Å². The van der Waals surface area contributed by atoms with Crippen LogP contribution in [0.1, 0.15) is 28.3 Å². The molecule has 8 heteroatoms. The predicted octanol–water partition coefficient (Wildman–Crippen LogP) is 5.21. The number of amides is 1. The van der Waals surface area contributed by atoms with E-state index in [1.807, 2.05) is 54.6 Å². The molecule has 0 spiro atoms. The molecule has 1 aliphatic heterocycles. The molecule has 3 aromatic rings. The summed E-state index contributed by atoms with van der Waals surface area (Å²) in [5, 5.41) is 0. The minimum atomic E-state index is -0.391. The van der Waals surface area contributed by atoms with Crippen molar-refractivity contribution in [1.82, 2.24) is 4.90 Å². The fourth-order valence-electron chi connectivity index (χ4n) is 4.82. The van der Waals surface area contributed by atoms with Gasteiger partial charge < -0.3 is 33.3 Å². The highest BCUT2D eigenvalue weighted by Gasteiger charge is 2.36. The van der Waals surface area contributed by atoms with Crippen LogP contribution in [-0.4, -0.2) is 53.1 Å². The van der Waals surface area contributed by atoms with Gasteiger partial charge in [0, 0.05) is 12.1 Å². The van der Waals surface area contributed by atoms with Crippen molar-refractivity contribution in [2.75, 3.05) is 42.1 Å². The minimum Gasteiger partial charge on any atom is -0.493 e. The third-order valence-electron chi connectivity index (χ3n) is 6.61. The summed E-state index contributed by atoms with van der Waals surface area (Å²) in [5.41, 5.74) is 3.91. The zero-order chi connectivity index (χ0) is 26.4. The average Bonchev–Trinajstić information content (AvgIpc) is 2.95. The van der Waals surface area contributed by atoms with E-state index in [-0.39, 0.29) is 6.04 Å². The van der Waals surface area contributed by atoms with E-state index < -0.39 is 6.09 Å². The van der Waals surface area contributed by atoms with Crippen molar-refractivity contribution in [2.24, 2.45) is 0 Å². The Morgan fingerprint density at radius 3 is 2.19 bits per heavy atom. The maximum absolute atomic E-state index is 12.8. The quantitative estimate of drug-likeness (QED) is 0.394. The lowest BCUT2D eigenvalue weighted by atomic mass is 9.87. The summed E-state index contributed by atoms with van der Waals surface area (Å²) in [6.45, 7) is 0.835. The fourth-order valence-corrected chi connectivity index (χ4v) is 4.82. The lowest BCUT2D eigenvalue weighted by Crippen LogP contribution is -2.41. The third-order valence-corrected chi connectivity index (χ3v) is 6.61. The van der Waals surface area contributed by atoms with Crippen molar-refractivity contribution >= 4 is 6.09 Å². The summed E-state index contributed by atoms with van der Waals surface area (Å²) in [6.07, 6.45) is 0.721. The number of carbonyl (C=O) groups excluding carboxylic acids is 1. The van der Waals surface area contributed by atoms with Crippen molar-refractivity contribution in [3.63, 3.8) is 0 Å². The van der Waals surface area contributed by atoms with Gasteiger partial charge in [0.2, 0.25) is 5.75 Å². The number of hydrogen-bond acceptors (Lipinski definition) is 7. The molecule has 1 unspecified atom stereocenters. The Bertz CT molecular complexity index is 1230. The summed E-state index contributed by atoms with van der Waals surface area (Å²) in [6, 6.07) is 17.3. The van der Waals surface area contributed by atoms with Gasteiger partial charge in [0.25, 0.3) is 0 Å². The van der Waals surface area contributed by atoms with E-state index in [9.17, 15) is 4.79 Å². The zero-order valence-electron chi connectivity index (χ0n) is 21.9. The molecular formula is C29H33NO7. The number of benzene rings is 3. The first-order valence-electron chi connectivity index (χ1n) is 12.0. The SMILES string of the molecule is COC(=O)N1CCc2c(cc(OCc3ccccc3)c(OC)c2OC)C1Cc1ccc(OC)c(OC)c1. The standard InChI is InChI=1S/C29H33NO7/c1-32-24-12-11-20(16-25(24)33-2)15-23-22-17-26(37-18-19-9-7-6-8-10-19)28(35-4)27(34-3)21(22)13-14-30(23)29(31)36-5/h6-12,16-17,23H,13-15,18H2,1-5H3. The second-order valence-electron chi connectivity index (χ2n) is 8.61. The molecule has 0 aromatic heterocycles. The van der Waals surface area contributed by atoms with Crippen LogP contribution in [-0.2, 0) is 24.2 Å². The van der Waals surface area contributed by atoms with Gasteiger partial charge in [0.1, 0.15) is 6.61 Å². The molecule has 196 valence electrons. The highest BCUT2D eigenvalue weighted by molar-refractivity contribution is 5.70. The molecule has 3 aromatic carbocycles. The van der Waals surface area contributed by atoms with Gasteiger partial charge in [0.15, 0.2) is 23.0 Å². The summed E-state index contributed by atoms with van der Waals surface area (Å²) in [7, 11) is 7.82. The van der Waals surface area contributed by atoms with E-state index >= 15 is 0 Å². The molecule has 0 bridgehead atoms. The first kappa shape index (κ1) is 26.0. The molecule has 8 nitrogen and oxygen atoms in total. The van der Waals surface area contributed by atoms with Gasteiger partial charge in [-0.2, -0.15) is 0 Å². The van der Waals surface area contributed by atoms with E-state index in [2.05, 4.69) is 0 Å². The van der Waals surface area contributed by atoms with Crippen molar-refractivity contribution in [3.05, 3.63) is 76.9 Å². The number of nitrogens with zero attached hydrogens (tertiary/aromatic N) is 1. The molecule has 1 amide bonds. The molecule has 1 heterocycles. The molecule has 0 saturated carbocycles. The molecule has 0 N–H and O–H groups in total. The van der Waals surface area contributed by atoms with Gasteiger partial charge in [-0.05, 0) is 47.7 Å². The number of hydrogen-bond donors (Lipinski definition) is 0. The van der Waals surface area contributed by atoms with Crippen LogP contribution in [0.25, 0.3) is 0 Å². The van der Waals surface area contributed by atoms with Crippen molar-refractivity contribution < 1.29 is 33.2 Å². The van der Waals surface area contributed by atoms with Crippen molar-refractivity contribution in [1.29, 1.82) is 0 Å². The van der Waals surface area contributed by atoms with Crippen LogP contribution in [0.3, 0.4) is 0 Å². The summed E-state index contributed by atoms with van der Waals surface area (Å²) in [4.78, 5) is 14.6. The molecule has 0 radical (unpaired) electrons. The summed E-state index contributed by atoms with van der Waals surface area (Å²) in [5.74, 6) is 2.97. The van der Waals surface area contributed by atoms with E-state index in [0.717, 1.165) is 22.3 Å². The normalized spacial score (nSPS) is 14.4. The van der Waals surface area contributed by atoms with E-state index in [4.69, 9.17) is 28.4 Å². The molecule has 4 rings (SSSR count). The van der Waals surface area contributed by atoms with Crippen LogP contribution in [0.4, 0.5) is 4.79 Å². The lowest BCUT2D eigenvalue weighted by Gasteiger charge is -2.37. The summed E-state index contributed by atoms with van der Waals surface area (Å²) < 4.78 is 33.9. The number of methoxy groups -OCH3 is 5. The zero-order valence-corrected chi connectivity index (χ0v) is 21.9.